The summed E-state index contributed by atoms with van der Waals surface area (Å²) in [6, 6.07) is 6.76. The van der Waals surface area contributed by atoms with Gasteiger partial charge in [-0.1, -0.05) is 17.7 Å². The largest absolute Gasteiger partial charge is 0.478 e. The van der Waals surface area contributed by atoms with Crippen molar-refractivity contribution in [3.63, 3.8) is 0 Å². The Hall–Kier alpha value is -2.47. The van der Waals surface area contributed by atoms with E-state index in [4.69, 9.17) is 16.7 Å². The SMILES string of the molecule is O=C(O)c1cccnc1C(=O)NCc1ccc(F)c(Cl)c1. The number of nitrogens with one attached hydrogen (secondary N) is 1. The Morgan fingerprint density at radius 1 is 1.33 bits per heavy atom. The molecule has 0 saturated heterocycles. The van der Waals surface area contributed by atoms with E-state index in [2.05, 4.69) is 10.3 Å². The molecular weight excluding hydrogens is 299 g/mol. The number of aromatic carboxylic acids is 1. The number of benzene rings is 1. The average molecular weight is 309 g/mol. The first-order valence-electron chi connectivity index (χ1n) is 5.89. The lowest BCUT2D eigenvalue weighted by Crippen LogP contribution is -2.26. The fourth-order valence-electron chi connectivity index (χ4n) is 1.67. The summed E-state index contributed by atoms with van der Waals surface area (Å²) in [6.45, 7) is 0.0778. The van der Waals surface area contributed by atoms with Crippen LogP contribution in [0.15, 0.2) is 36.5 Å². The molecule has 108 valence electrons. The first kappa shape index (κ1) is 14.9. The third-order valence-electron chi connectivity index (χ3n) is 2.69. The van der Waals surface area contributed by atoms with Crippen molar-refractivity contribution in [2.24, 2.45) is 0 Å². The molecule has 7 heteroatoms. The Labute approximate surface area is 124 Å². The van der Waals surface area contributed by atoms with E-state index in [9.17, 15) is 14.0 Å². The van der Waals surface area contributed by atoms with Crippen LogP contribution in [0.5, 0.6) is 0 Å². The summed E-state index contributed by atoms with van der Waals surface area (Å²) in [5.74, 6) is -2.42. The number of hydrogen-bond donors (Lipinski definition) is 2. The molecule has 1 amide bonds. The minimum Gasteiger partial charge on any atom is -0.478 e. The number of nitrogens with zero attached hydrogens (tertiary/aromatic N) is 1. The second-order valence-electron chi connectivity index (χ2n) is 4.14. The molecule has 0 unspecified atom stereocenters. The van der Waals surface area contributed by atoms with Crippen LogP contribution in [0.4, 0.5) is 4.39 Å². The highest BCUT2D eigenvalue weighted by atomic mass is 35.5. The molecule has 5 nitrogen and oxygen atoms in total. The van der Waals surface area contributed by atoms with Crippen LogP contribution in [-0.4, -0.2) is 22.0 Å². The van der Waals surface area contributed by atoms with E-state index in [-0.39, 0.29) is 22.8 Å². The van der Waals surface area contributed by atoms with E-state index < -0.39 is 17.7 Å². The van der Waals surface area contributed by atoms with Crippen LogP contribution >= 0.6 is 11.6 Å². The Morgan fingerprint density at radius 2 is 2.10 bits per heavy atom. The maximum atomic E-state index is 13.0. The van der Waals surface area contributed by atoms with Gasteiger partial charge in [0.2, 0.25) is 0 Å². The third-order valence-corrected chi connectivity index (χ3v) is 2.98. The fourth-order valence-corrected chi connectivity index (χ4v) is 1.88. The fraction of sp³-hybridized carbons (Fsp3) is 0.0714. The molecule has 2 aromatic rings. The number of aromatic nitrogens is 1. The Balaban J connectivity index is 2.12. The Bertz CT molecular complexity index is 706. The molecule has 0 aliphatic rings. The van der Waals surface area contributed by atoms with Gasteiger partial charge in [-0.15, -0.1) is 0 Å². The predicted molar refractivity (Wildman–Crippen MR) is 73.8 cm³/mol. The average Bonchev–Trinajstić information content (AvgIpc) is 2.48. The quantitative estimate of drug-likeness (QED) is 0.909. The lowest BCUT2D eigenvalue weighted by Gasteiger charge is -2.07. The van der Waals surface area contributed by atoms with Gasteiger partial charge >= 0.3 is 5.97 Å². The van der Waals surface area contributed by atoms with Crippen LogP contribution < -0.4 is 5.32 Å². The van der Waals surface area contributed by atoms with Crippen molar-refractivity contribution in [3.8, 4) is 0 Å². The van der Waals surface area contributed by atoms with Gasteiger partial charge in [0.15, 0.2) is 0 Å². The van der Waals surface area contributed by atoms with Crippen LogP contribution in [0, 0.1) is 5.82 Å². The highest BCUT2D eigenvalue weighted by Gasteiger charge is 2.17. The molecular formula is C14H10ClFN2O3. The predicted octanol–water partition coefficient (Wildman–Crippen LogP) is 2.50. The Morgan fingerprint density at radius 3 is 2.76 bits per heavy atom. The summed E-state index contributed by atoms with van der Waals surface area (Å²) in [5.41, 5.74) is 0.216. The molecule has 0 aliphatic heterocycles. The molecule has 0 fully saturated rings. The molecule has 0 spiro atoms. The second-order valence-corrected chi connectivity index (χ2v) is 4.54. The maximum Gasteiger partial charge on any atom is 0.338 e. The molecule has 1 aromatic carbocycles. The standard InChI is InChI=1S/C14H10ClFN2O3/c15-10-6-8(3-4-11(10)16)7-18-13(19)12-9(14(20)21)2-1-5-17-12/h1-6H,7H2,(H,18,19)(H,20,21). The van der Waals surface area contributed by atoms with Gasteiger partial charge in [-0.25, -0.2) is 9.18 Å². The molecule has 0 radical (unpaired) electrons. The summed E-state index contributed by atoms with van der Waals surface area (Å²) >= 11 is 5.64. The molecule has 2 rings (SSSR count). The zero-order valence-corrected chi connectivity index (χ0v) is 11.4. The lowest BCUT2D eigenvalue weighted by atomic mass is 10.1. The van der Waals surface area contributed by atoms with Crippen molar-refractivity contribution in [2.75, 3.05) is 0 Å². The molecule has 0 atom stereocenters. The number of hydrogen-bond acceptors (Lipinski definition) is 3. The van der Waals surface area contributed by atoms with E-state index in [1.807, 2.05) is 0 Å². The van der Waals surface area contributed by atoms with Crippen molar-refractivity contribution >= 4 is 23.5 Å². The van der Waals surface area contributed by atoms with Gasteiger partial charge in [-0.3, -0.25) is 9.78 Å². The highest BCUT2D eigenvalue weighted by Crippen LogP contribution is 2.16. The molecule has 0 aliphatic carbocycles. The molecule has 0 bridgehead atoms. The van der Waals surface area contributed by atoms with Crippen LogP contribution in [0.3, 0.4) is 0 Å². The molecule has 2 N–H and O–H groups in total. The molecule has 21 heavy (non-hydrogen) atoms. The van der Waals surface area contributed by atoms with Crippen molar-refractivity contribution in [3.05, 3.63) is 64.2 Å². The Kier molecular flexibility index (Phi) is 4.49. The summed E-state index contributed by atoms with van der Waals surface area (Å²) in [5, 5.41) is 11.4. The lowest BCUT2D eigenvalue weighted by molar-refractivity contribution is 0.0690. The van der Waals surface area contributed by atoms with Crippen LogP contribution in [-0.2, 0) is 6.54 Å². The highest BCUT2D eigenvalue weighted by molar-refractivity contribution is 6.30. The maximum absolute atomic E-state index is 13.0. The molecule has 0 saturated carbocycles. The zero-order chi connectivity index (χ0) is 15.4. The number of amides is 1. The minimum absolute atomic E-state index is 0.0502. The van der Waals surface area contributed by atoms with Crippen LogP contribution in [0.25, 0.3) is 0 Å². The number of rotatable bonds is 4. The van der Waals surface area contributed by atoms with E-state index in [0.29, 0.717) is 5.56 Å². The van der Waals surface area contributed by atoms with Crippen molar-refractivity contribution in [1.29, 1.82) is 0 Å². The first-order chi connectivity index (χ1) is 9.99. The number of carbonyl (C=O) groups excluding carboxylic acids is 1. The molecule has 1 heterocycles. The van der Waals surface area contributed by atoms with Gasteiger partial charge in [0, 0.05) is 12.7 Å². The van der Waals surface area contributed by atoms with E-state index in [1.165, 1.54) is 36.5 Å². The number of halogens is 2. The van der Waals surface area contributed by atoms with Crippen LogP contribution in [0.1, 0.15) is 26.4 Å². The number of carboxylic acid groups (broad SMARTS) is 1. The third kappa shape index (κ3) is 3.55. The van der Waals surface area contributed by atoms with Gasteiger partial charge in [0.05, 0.1) is 10.6 Å². The summed E-state index contributed by atoms with van der Waals surface area (Å²) in [6.07, 6.45) is 1.33. The summed E-state index contributed by atoms with van der Waals surface area (Å²) < 4.78 is 13.0. The minimum atomic E-state index is -1.24. The first-order valence-corrected chi connectivity index (χ1v) is 6.27. The number of carboxylic acids is 1. The zero-order valence-electron chi connectivity index (χ0n) is 10.6. The normalized spacial score (nSPS) is 10.2. The monoisotopic (exact) mass is 308 g/mol. The van der Waals surface area contributed by atoms with E-state index >= 15 is 0 Å². The van der Waals surface area contributed by atoms with Crippen molar-refractivity contribution in [2.45, 2.75) is 6.54 Å². The van der Waals surface area contributed by atoms with Gasteiger partial charge in [0.1, 0.15) is 11.5 Å². The van der Waals surface area contributed by atoms with E-state index in [1.54, 1.807) is 0 Å². The van der Waals surface area contributed by atoms with Crippen molar-refractivity contribution in [1.82, 2.24) is 10.3 Å². The van der Waals surface area contributed by atoms with Gasteiger partial charge in [-0.05, 0) is 29.8 Å². The summed E-state index contributed by atoms with van der Waals surface area (Å²) in [4.78, 5) is 26.7. The van der Waals surface area contributed by atoms with Crippen LogP contribution in [0.2, 0.25) is 5.02 Å². The second kappa shape index (κ2) is 6.32. The van der Waals surface area contributed by atoms with Gasteiger partial charge in [-0.2, -0.15) is 0 Å². The number of carbonyl (C=O) groups is 2. The van der Waals surface area contributed by atoms with Gasteiger partial charge in [0.25, 0.3) is 5.91 Å². The number of pyridine rings is 1. The van der Waals surface area contributed by atoms with Gasteiger partial charge < -0.3 is 10.4 Å². The smallest absolute Gasteiger partial charge is 0.338 e. The van der Waals surface area contributed by atoms with E-state index in [0.717, 1.165) is 0 Å². The topological polar surface area (TPSA) is 79.3 Å². The van der Waals surface area contributed by atoms with Crippen molar-refractivity contribution < 1.29 is 19.1 Å². The summed E-state index contributed by atoms with van der Waals surface area (Å²) in [7, 11) is 0. The molecule has 1 aromatic heterocycles.